The van der Waals surface area contributed by atoms with Crippen molar-refractivity contribution in [2.45, 2.75) is 12.5 Å². The Morgan fingerprint density at radius 3 is 2.58 bits per heavy atom. The quantitative estimate of drug-likeness (QED) is 0.586. The Morgan fingerprint density at radius 1 is 1.29 bits per heavy atom. The van der Waals surface area contributed by atoms with Gasteiger partial charge in [0.15, 0.2) is 6.61 Å². The minimum atomic E-state index is -0.896. The second-order valence-corrected chi connectivity index (χ2v) is 6.43. The standard InChI is InChI=1S/C14H17Cl2N3O4S/c1-24-5-4-11(19-14(17)22)13(21)23-7-12(20)18-8-2-3-9(15)10(16)6-8/h2-3,6,11H,4-5,7H2,1H3,(H,18,20)(H3,17,19,22)/t11-/m0/s1. The molecule has 24 heavy (non-hydrogen) atoms. The zero-order valence-corrected chi connectivity index (χ0v) is 15.1. The lowest BCUT2D eigenvalue weighted by atomic mass is 10.2. The van der Waals surface area contributed by atoms with Crippen LogP contribution < -0.4 is 16.4 Å². The Bertz CT molecular complexity index is 616. The molecule has 1 aromatic carbocycles. The van der Waals surface area contributed by atoms with Crippen molar-refractivity contribution in [1.29, 1.82) is 0 Å². The molecule has 0 heterocycles. The zero-order chi connectivity index (χ0) is 18.1. The van der Waals surface area contributed by atoms with Gasteiger partial charge in [0.1, 0.15) is 6.04 Å². The van der Waals surface area contributed by atoms with Crippen LogP contribution in [0.2, 0.25) is 10.0 Å². The monoisotopic (exact) mass is 393 g/mol. The summed E-state index contributed by atoms with van der Waals surface area (Å²) in [5.74, 6) is -0.660. The van der Waals surface area contributed by atoms with Crippen LogP contribution in [0.15, 0.2) is 18.2 Å². The number of carbonyl (C=O) groups excluding carboxylic acids is 3. The topological polar surface area (TPSA) is 111 Å². The molecule has 0 radical (unpaired) electrons. The highest BCUT2D eigenvalue weighted by Gasteiger charge is 2.21. The summed E-state index contributed by atoms with van der Waals surface area (Å²) in [5.41, 5.74) is 5.44. The second kappa shape index (κ2) is 10.3. The van der Waals surface area contributed by atoms with Crippen molar-refractivity contribution in [2.75, 3.05) is 23.9 Å². The predicted molar refractivity (Wildman–Crippen MR) is 95.6 cm³/mol. The molecule has 0 unspecified atom stereocenters. The normalized spacial score (nSPS) is 11.5. The van der Waals surface area contributed by atoms with Gasteiger partial charge in [-0.15, -0.1) is 0 Å². The minimum Gasteiger partial charge on any atom is -0.454 e. The molecule has 1 rings (SSSR count). The summed E-state index contributed by atoms with van der Waals surface area (Å²) in [6.45, 7) is -0.505. The van der Waals surface area contributed by atoms with Crippen LogP contribution in [-0.2, 0) is 14.3 Å². The number of hydrogen-bond donors (Lipinski definition) is 3. The average Bonchev–Trinajstić information content (AvgIpc) is 2.52. The summed E-state index contributed by atoms with van der Waals surface area (Å²) in [5, 5.41) is 5.44. The van der Waals surface area contributed by atoms with E-state index in [9.17, 15) is 14.4 Å². The summed E-state index contributed by atoms with van der Waals surface area (Å²) in [6.07, 6.45) is 2.20. The van der Waals surface area contributed by atoms with Gasteiger partial charge in [-0.25, -0.2) is 9.59 Å². The third-order valence-corrected chi connectivity index (χ3v) is 4.14. The van der Waals surface area contributed by atoms with Gasteiger partial charge >= 0.3 is 12.0 Å². The summed E-state index contributed by atoms with van der Waals surface area (Å²) in [7, 11) is 0. The van der Waals surface area contributed by atoms with Crippen molar-refractivity contribution in [3.8, 4) is 0 Å². The van der Waals surface area contributed by atoms with Gasteiger partial charge in [0.05, 0.1) is 10.0 Å². The van der Waals surface area contributed by atoms with Crippen molar-refractivity contribution in [2.24, 2.45) is 5.73 Å². The molecule has 7 nitrogen and oxygen atoms in total. The Labute approximate surface area is 153 Å². The lowest BCUT2D eigenvalue weighted by Crippen LogP contribution is -2.45. The maximum Gasteiger partial charge on any atom is 0.329 e. The van der Waals surface area contributed by atoms with E-state index in [1.165, 1.54) is 23.9 Å². The van der Waals surface area contributed by atoms with Gasteiger partial charge in [0, 0.05) is 5.69 Å². The minimum absolute atomic E-state index is 0.286. The smallest absolute Gasteiger partial charge is 0.329 e. The van der Waals surface area contributed by atoms with Crippen LogP contribution in [0.1, 0.15) is 6.42 Å². The van der Waals surface area contributed by atoms with E-state index in [4.69, 9.17) is 33.7 Å². The van der Waals surface area contributed by atoms with E-state index in [2.05, 4.69) is 10.6 Å². The van der Waals surface area contributed by atoms with Gasteiger partial charge in [-0.1, -0.05) is 23.2 Å². The van der Waals surface area contributed by atoms with E-state index in [-0.39, 0.29) is 5.02 Å². The van der Waals surface area contributed by atoms with Gasteiger partial charge in [-0.05, 0) is 36.6 Å². The van der Waals surface area contributed by atoms with Crippen LogP contribution in [-0.4, -0.2) is 42.6 Å². The number of thioether (sulfide) groups is 1. The Balaban J connectivity index is 2.52. The fourth-order valence-electron chi connectivity index (χ4n) is 1.66. The van der Waals surface area contributed by atoms with Crippen molar-refractivity contribution in [1.82, 2.24) is 5.32 Å². The highest BCUT2D eigenvalue weighted by molar-refractivity contribution is 7.98. The van der Waals surface area contributed by atoms with Crippen molar-refractivity contribution >= 4 is 58.6 Å². The number of esters is 1. The first kappa shape index (κ1) is 20.4. The molecule has 0 aliphatic carbocycles. The maximum atomic E-state index is 11.9. The molecule has 0 aliphatic rings. The number of anilines is 1. The molecule has 0 bridgehead atoms. The van der Waals surface area contributed by atoms with Crippen LogP contribution in [0, 0.1) is 0 Å². The summed E-state index contributed by atoms with van der Waals surface area (Å²) in [4.78, 5) is 34.6. The number of ether oxygens (including phenoxy) is 1. The molecule has 0 spiro atoms. The number of carbonyl (C=O) groups is 3. The molecule has 1 atom stereocenters. The molecule has 3 amide bonds. The molecule has 4 N–H and O–H groups in total. The van der Waals surface area contributed by atoms with Crippen LogP contribution in [0.25, 0.3) is 0 Å². The summed E-state index contributed by atoms with van der Waals surface area (Å²) >= 11 is 13.1. The van der Waals surface area contributed by atoms with Crippen LogP contribution in [0.4, 0.5) is 10.5 Å². The number of primary amides is 1. The number of halogens is 2. The van der Waals surface area contributed by atoms with E-state index in [1.54, 1.807) is 6.07 Å². The molecule has 0 saturated heterocycles. The Morgan fingerprint density at radius 2 is 2.00 bits per heavy atom. The second-order valence-electron chi connectivity index (χ2n) is 4.63. The zero-order valence-electron chi connectivity index (χ0n) is 12.8. The van der Waals surface area contributed by atoms with E-state index in [1.807, 2.05) is 6.26 Å². The van der Waals surface area contributed by atoms with E-state index < -0.39 is 30.6 Å². The van der Waals surface area contributed by atoms with Gasteiger partial charge in [-0.2, -0.15) is 11.8 Å². The number of amides is 3. The SMILES string of the molecule is CSCC[C@H](NC(N)=O)C(=O)OCC(=O)Nc1ccc(Cl)c(Cl)c1. The van der Waals surface area contributed by atoms with Crippen molar-refractivity contribution in [3.63, 3.8) is 0 Å². The number of benzene rings is 1. The van der Waals surface area contributed by atoms with Crippen LogP contribution in [0.3, 0.4) is 0 Å². The lowest BCUT2D eigenvalue weighted by molar-refractivity contribution is -0.149. The first-order valence-corrected chi connectivity index (χ1v) is 8.95. The van der Waals surface area contributed by atoms with Gasteiger partial charge in [0.2, 0.25) is 0 Å². The first-order chi connectivity index (χ1) is 11.3. The number of urea groups is 1. The van der Waals surface area contributed by atoms with Gasteiger partial charge < -0.3 is 21.1 Å². The Kier molecular flexibility index (Phi) is 8.73. The third kappa shape index (κ3) is 7.29. The number of hydrogen-bond acceptors (Lipinski definition) is 5. The Hall–Kier alpha value is -1.64. The summed E-state index contributed by atoms with van der Waals surface area (Å²) in [6, 6.07) is 2.83. The molecule has 1 aromatic rings. The van der Waals surface area contributed by atoms with E-state index >= 15 is 0 Å². The van der Waals surface area contributed by atoms with Crippen LogP contribution >= 0.6 is 35.0 Å². The third-order valence-electron chi connectivity index (χ3n) is 2.76. The molecular weight excluding hydrogens is 377 g/mol. The molecule has 10 heteroatoms. The number of nitrogens with two attached hydrogens (primary N) is 1. The number of nitrogens with one attached hydrogen (secondary N) is 2. The maximum absolute atomic E-state index is 11.9. The molecule has 0 aliphatic heterocycles. The van der Waals surface area contributed by atoms with Crippen LogP contribution in [0.5, 0.6) is 0 Å². The molecular formula is C14H17Cl2N3O4S. The average molecular weight is 394 g/mol. The fourth-order valence-corrected chi connectivity index (χ4v) is 2.43. The molecule has 0 aromatic heterocycles. The highest BCUT2D eigenvalue weighted by Crippen LogP contribution is 2.24. The van der Waals surface area contributed by atoms with Crippen molar-refractivity contribution < 1.29 is 19.1 Å². The van der Waals surface area contributed by atoms with Gasteiger partial charge in [0.25, 0.3) is 5.91 Å². The van der Waals surface area contributed by atoms with Crippen molar-refractivity contribution in [3.05, 3.63) is 28.2 Å². The van der Waals surface area contributed by atoms with E-state index in [0.29, 0.717) is 22.9 Å². The van der Waals surface area contributed by atoms with E-state index in [0.717, 1.165) is 0 Å². The highest BCUT2D eigenvalue weighted by atomic mass is 35.5. The molecule has 132 valence electrons. The predicted octanol–water partition coefficient (Wildman–Crippen LogP) is 2.27. The van der Waals surface area contributed by atoms with Gasteiger partial charge in [-0.3, -0.25) is 4.79 Å². The number of rotatable bonds is 8. The molecule has 0 fully saturated rings. The lowest BCUT2D eigenvalue weighted by Gasteiger charge is -2.16. The fraction of sp³-hybridized carbons (Fsp3) is 0.357. The first-order valence-electron chi connectivity index (χ1n) is 6.80. The summed E-state index contributed by atoms with van der Waals surface area (Å²) < 4.78 is 4.90. The molecule has 0 saturated carbocycles. The largest absolute Gasteiger partial charge is 0.454 e.